The van der Waals surface area contributed by atoms with Gasteiger partial charge in [0.2, 0.25) is 4.77 Å². The van der Waals surface area contributed by atoms with E-state index in [2.05, 4.69) is 15.5 Å². The maximum Gasteiger partial charge on any atom is 0.242 e. The molecule has 0 spiro atoms. The summed E-state index contributed by atoms with van der Waals surface area (Å²) in [6.07, 6.45) is 0. The van der Waals surface area contributed by atoms with E-state index in [0.29, 0.717) is 5.69 Å². The Labute approximate surface area is 83.4 Å². The van der Waals surface area contributed by atoms with Crippen LogP contribution in [0, 0.1) is 4.77 Å². The summed E-state index contributed by atoms with van der Waals surface area (Å²) in [7, 11) is 0. The van der Waals surface area contributed by atoms with Gasteiger partial charge in [-0.1, -0.05) is 10.3 Å². The van der Waals surface area contributed by atoms with Crippen LogP contribution < -0.4 is 0 Å². The van der Waals surface area contributed by atoms with Gasteiger partial charge in [0.05, 0.1) is 5.69 Å². The number of rotatable bonds is 1. The molecule has 0 bridgehead atoms. The quantitative estimate of drug-likeness (QED) is 0.604. The third-order valence-electron chi connectivity index (χ3n) is 1.62. The standard InChI is InChI=1S/C7H6N4O2S/c12-5-1-4(2-6(13)3-5)11-7(14)8-9-10-11/h1-3,12-13H,(H,8,10,14). The molecule has 0 saturated carbocycles. The fourth-order valence-electron chi connectivity index (χ4n) is 1.07. The zero-order valence-electron chi connectivity index (χ0n) is 6.88. The molecule has 7 heteroatoms. The molecular formula is C7H6N4O2S. The van der Waals surface area contributed by atoms with Crippen molar-refractivity contribution in [3.8, 4) is 17.2 Å². The Kier molecular flexibility index (Phi) is 1.93. The molecule has 14 heavy (non-hydrogen) atoms. The second kappa shape index (κ2) is 3.11. The fourth-order valence-corrected chi connectivity index (χ4v) is 1.26. The Hall–Kier alpha value is -1.89. The van der Waals surface area contributed by atoms with Gasteiger partial charge >= 0.3 is 0 Å². The average Bonchev–Trinajstić information content (AvgIpc) is 2.49. The number of benzene rings is 1. The van der Waals surface area contributed by atoms with Gasteiger partial charge in [-0.25, -0.2) is 4.68 Å². The van der Waals surface area contributed by atoms with Gasteiger partial charge in [0, 0.05) is 18.2 Å². The molecule has 0 unspecified atom stereocenters. The molecule has 2 aromatic rings. The number of hydrogen-bond acceptors (Lipinski definition) is 5. The molecular weight excluding hydrogens is 204 g/mol. The molecule has 0 fully saturated rings. The first-order chi connectivity index (χ1) is 6.66. The smallest absolute Gasteiger partial charge is 0.242 e. The van der Waals surface area contributed by atoms with Gasteiger partial charge in [0.15, 0.2) is 0 Å². The fraction of sp³-hybridized carbons (Fsp3) is 0. The molecule has 1 heterocycles. The average molecular weight is 210 g/mol. The minimum Gasteiger partial charge on any atom is -0.508 e. The van der Waals surface area contributed by atoms with E-state index >= 15 is 0 Å². The number of nitrogens with zero attached hydrogens (tertiary/aromatic N) is 3. The summed E-state index contributed by atoms with van der Waals surface area (Å²) in [5.74, 6) is -0.118. The van der Waals surface area contributed by atoms with Gasteiger partial charge in [-0.2, -0.15) is 5.21 Å². The number of hydrogen-bond donors (Lipinski definition) is 3. The first kappa shape index (κ1) is 8.70. The predicted molar refractivity (Wildman–Crippen MR) is 49.9 cm³/mol. The van der Waals surface area contributed by atoms with Crippen LogP contribution in [-0.2, 0) is 0 Å². The maximum atomic E-state index is 9.22. The SMILES string of the molecule is Oc1cc(O)cc(-n2[nH]nnc2=S)c1. The number of tetrazole rings is 1. The molecule has 0 amide bonds. The molecule has 0 atom stereocenters. The van der Waals surface area contributed by atoms with Gasteiger partial charge in [-0.15, -0.1) is 0 Å². The molecule has 2 rings (SSSR count). The van der Waals surface area contributed by atoms with Gasteiger partial charge in [0.25, 0.3) is 0 Å². The van der Waals surface area contributed by atoms with E-state index in [1.807, 2.05) is 0 Å². The largest absolute Gasteiger partial charge is 0.508 e. The molecule has 1 aromatic heterocycles. The molecule has 0 saturated heterocycles. The lowest BCUT2D eigenvalue weighted by atomic mass is 10.3. The van der Waals surface area contributed by atoms with Crippen molar-refractivity contribution in [2.75, 3.05) is 0 Å². The summed E-state index contributed by atoms with van der Waals surface area (Å²) in [6.45, 7) is 0. The highest BCUT2D eigenvalue weighted by atomic mass is 32.1. The molecule has 72 valence electrons. The number of aromatic nitrogens is 4. The van der Waals surface area contributed by atoms with Crippen LogP contribution in [0.15, 0.2) is 18.2 Å². The summed E-state index contributed by atoms with van der Waals surface area (Å²) in [4.78, 5) is 0. The number of nitrogens with one attached hydrogen (secondary N) is 1. The van der Waals surface area contributed by atoms with Crippen LogP contribution in [0.4, 0.5) is 0 Å². The van der Waals surface area contributed by atoms with E-state index in [1.54, 1.807) is 0 Å². The van der Waals surface area contributed by atoms with Crippen molar-refractivity contribution in [2.45, 2.75) is 0 Å². The molecule has 0 radical (unpaired) electrons. The van der Waals surface area contributed by atoms with Crippen molar-refractivity contribution < 1.29 is 10.2 Å². The normalized spacial score (nSPS) is 10.3. The Bertz CT molecular complexity index is 498. The zero-order chi connectivity index (χ0) is 10.1. The van der Waals surface area contributed by atoms with Crippen LogP contribution >= 0.6 is 12.2 Å². The molecule has 1 aromatic carbocycles. The van der Waals surface area contributed by atoms with Crippen LogP contribution in [-0.4, -0.2) is 30.4 Å². The summed E-state index contributed by atoms with van der Waals surface area (Å²) in [6, 6.07) is 4.07. The van der Waals surface area contributed by atoms with Crippen LogP contribution in [0.2, 0.25) is 0 Å². The van der Waals surface area contributed by atoms with Crippen LogP contribution in [0.3, 0.4) is 0 Å². The zero-order valence-corrected chi connectivity index (χ0v) is 7.69. The molecule has 0 aliphatic carbocycles. The lowest BCUT2D eigenvalue weighted by molar-refractivity contribution is 0.449. The third kappa shape index (κ3) is 1.44. The number of aromatic amines is 1. The number of phenolic OH excluding ortho intramolecular Hbond substituents is 2. The number of phenols is 2. The highest BCUT2D eigenvalue weighted by Crippen LogP contribution is 2.22. The molecule has 0 aliphatic rings. The first-order valence-electron chi connectivity index (χ1n) is 3.70. The summed E-state index contributed by atoms with van der Waals surface area (Å²) in [5.41, 5.74) is 0.470. The predicted octanol–water partition coefficient (Wildman–Crippen LogP) is 0.736. The van der Waals surface area contributed by atoms with Crippen LogP contribution in [0.25, 0.3) is 5.69 Å². The van der Waals surface area contributed by atoms with Crippen molar-refractivity contribution in [2.24, 2.45) is 0 Å². The monoisotopic (exact) mass is 210 g/mol. The highest BCUT2D eigenvalue weighted by Gasteiger charge is 2.03. The number of H-pyrrole nitrogens is 1. The summed E-state index contributed by atoms with van der Waals surface area (Å²) < 4.78 is 1.57. The van der Waals surface area contributed by atoms with Crippen molar-refractivity contribution in [1.29, 1.82) is 0 Å². The Morgan fingerprint density at radius 1 is 1.21 bits per heavy atom. The van der Waals surface area contributed by atoms with E-state index in [4.69, 9.17) is 12.2 Å². The van der Waals surface area contributed by atoms with Gasteiger partial charge in [-0.3, -0.25) is 0 Å². The van der Waals surface area contributed by atoms with E-state index in [1.165, 1.54) is 22.9 Å². The highest BCUT2D eigenvalue weighted by molar-refractivity contribution is 7.71. The third-order valence-corrected chi connectivity index (χ3v) is 1.88. The van der Waals surface area contributed by atoms with Gasteiger partial charge in [0.1, 0.15) is 11.5 Å². The summed E-state index contributed by atoms with van der Waals surface area (Å²) in [5, 5.41) is 28.0. The second-order valence-corrected chi connectivity index (χ2v) is 2.99. The Morgan fingerprint density at radius 2 is 1.86 bits per heavy atom. The molecule has 6 nitrogen and oxygen atoms in total. The Morgan fingerprint density at radius 3 is 2.36 bits per heavy atom. The Balaban J connectivity index is 2.63. The number of aromatic hydroxyl groups is 2. The van der Waals surface area contributed by atoms with E-state index in [0.717, 1.165) is 0 Å². The van der Waals surface area contributed by atoms with Crippen LogP contribution in [0.1, 0.15) is 0 Å². The van der Waals surface area contributed by atoms with E-state index in [9.17, 15) is 10.2 Å². The molecule has 3 N–H and O–H groups in total. The molecule has 0 aliphatic heterocycles. The second-order valence-electron chi connectivity index (χ2n) is 2.63. The van der Waals surface area contributed by atoms with Gasteiger partial charge in [-0.05, 0) is 12.2 Å². The van der Waals surface area contributed by atoms with Crippen molar-refractivity contribution in [3.05, 3.63) is 23.0 Å². The maximum absolute atomic E-state index is 9.22. The van der Waals surface area contributed by atoms with Crippen LogP contribution in [0.5, 0.6) is 11.5 Å². The van der Waals surface area contributed by atoms with E-state index < -0.39 is 0 Å². The van der Waals surface area contributed by atoms with Gasteiger partial charge < -0.3 is 10.2 Å². The van der Waals surface area contributed by atoms with Crippen molar-refractivity contribution in [3.63, 3.8) is 0 Å². The van der Waals surface area contributed by atoms with E-state index in [-0.39, 0.29) is 16.3 Å². The van der Waals surface area contributed by atoms with Crippen molar-refractivity contribution >= 4 is 12.2 Å². The lowest BCUT2D eigenvalue weighted by Crippen LogP contribution is -1.96. The lowest BCUT2D eigenvalue weighted by Gasteiger charge is -2.02. The minimum atomic E-state index is -0.0588. The first-order valence-corrected chi connectivity index (χ1v) is 4.11. The minimum absolute atomic E-state index is 0.0588. The summed E-state index contributed by atoms with van der Waals surface area (Å²) >= 11 is 4.85. The topological polar surface area (TPSA) is 87.0 Å². The van der Waals surface area contributed by atoms with Crippen molar-refractivity contribution in [1.82, 2.24) is 20.2 Å².